The number of hydrogen-bond donors (Lipinski definition) is 1. The number of anilines is 1. The van der Waals surface area contributed by atoms with Gasteiger partial charge in [-0.2, -0.15) is 0 Å². The Balaban J connectivity index is 1.44. The fourth-order valence-electron chi connectivity index (χ4n) is 2.71. The van der Waals surface area contributed by atoms with E-state index >= 15 is 0 Å². The van der Waals surface area contributed by atoms with E-state index < -0.39 is 5.97 Å². The summed E-state index contributed by atoms with van der Waals surface area (Å²) in [5.41, 5.74) is 2.48. The van der Waals surface area contributed by atoms with Gasteiger partial charge in [-0.3, -0.25) is 14.4 Å². The number of ketones is 1. The van der Waals surface area contributed by atoms with Gasteiger partial charge in [0.1, 0.15) is 6.61 Å². The molecule has 3 aromatic rings. The molecule has 0 aliphatic heterocycles. The molecule has 0 aliphatic carbocycles. The number of amides is 1. The average molecular weight is 422 g/mol. The molecule has 5 nitrogen and oxygen atoms in total. The minimum Gasteiger partial charge on any atom is -0.461 e. The van der Waals surface area contributed by atoms with Crippen LogP contribution < -0.4 is 5.32 Å². The van der Waals surface area contributed by atoms with Crippen LogP contribution in [0.5, 0.6) is 0 Å². The topological polar surface area (TPSA) is 72.5 Å². The maximum Gasteiger partial charge on any atom is 0.306 e. The lowest BCUT2D eigenvalue weighted by atomic mass is 10.1. The molecule has 0 fully saturated rings. The van der Waals surface area contributed by atoms with Gasteiger partial charge in [-0.05, 0) is 54.1 Å². The minimum absolute atomic E-state index is 0.000967. The predicted octanol–water partition coefficient (Wildman–Crippen LogP) is 5.30. The van der Waals surface area contributed by atoms with Gasteiger partial charge in [-0.1, -0.05) is 41.9 Å². The van der Waals surface area contributed by atoms with E-state index in [0.29, 0.717) is 21.8 Å². The Kier molecular flexibility index (Phi) is 7.35. The summed E-state index contributed by atoms with van der Waals surface area (Å²) in [6.07, 6.45) is 0.0675. The molecular weight excluding hydrogens is 402 g/mol. The van der Waals surface area contributed by atoms with Crippen LogP contribution in [0.4, 0.5) is 5.69 Å². The zero-order valence-electron chi connectivity index (χ0n) is 16.1. The maximum atomic E-state index is 12.2. The van der Waals surface area contributed by atoms with Gasteiger partial charge < -0.3 is 10.1 Å². The van der Waals surface area contributed by atoms with Crippen LogP contribution >= 0.6 is 11.6 Å². The number of carbonyl (C=O) groups is 3. The number of halogens is 1. The highest BCUT2D eigenvalue weighted by Gasteiger charge is 2.11. The van der Waals surface area contributed by atoms with Crippen molar-refractivity contribution in [1.82, 2.24) is 0 Å². The zero-order chi connectivity index (χ0) is 21.3. The van der Waals surface area contributed by atoms with Gasteiger partial charge in [-0.15, -0.1) is 0 Å². The van der Waals surface area contributed by atoms with Crippen LogP contribution in [0, 0.1) is 0 Å². The van der Waals surface area contributed by atoms with Gasteiger partial charge in [0.15, 0.2) is 5.78 Å². The van der Waals surface area contributed by atoms with Gasteiger partial charge in [0.05, 0.1) is 6.42 Å². The van der Waals surface area contributed by atoms with E-state index in [9.17, 15) is 14.4 Å². The largest absolute Gasteiger partial charge is 0.461 e. The first-order chi connectivity index (χ1) is 14.5. The fourth-order valence-corrected chi connectivity index (χ4v) is 2.83. The Morgan fingerprint density at radius 2 is 1.40 bits per heavy atom. The summed E-state index contributed by atoms with van der Waals surface area (Å²) >= 11 is 5.80. The van der Waals surface area contributed by atoms with E-state index in [1.165, 1.54) is 0 Å². The van der Waals surface area contributed by atoms with E-state index in [1.54, 1.807) is 48.5 Å². The molecule has 0 aliphatic rings. The molecule has 152 valence electrons. The molecule has 1 amide bonds. The van der Waals surface area contributed by atoms with E-state index in [4.69, 9.17) is 16.3 Å². The van der Waals surface area contributed by atoms with Crippen molar-refractivity contribution in [2.75, 3.05) is 5.32 Å². The van der Waals surface area contributed by atoms with Crippen molar-refractivity contribution < 1.29 is 19.1 Å². The second-order valence-corrected chi connectivity index (χ2v) is 7.04. The van der Waals surface area contributed by atoms with Gasteiger partial charge in [0.2, 0.25) is 0 Å². The van der Waals surface area contributed by atoms with Crippen LogP contribution in [-0.4, -0.2) is 17.7 Å². The molecule has 1 N–H and O–H groups in total. The molecule has 6 heteroatoms. The van der Waals surface area contributed by atoms with Crippen molar-refractivity contribution in [3.05, 3.63) is 101 Å². The molecule has 0 bridgehead atoms. The summed E-state index contributed by atoms with van der Waals surface area (Å²) in [6, 6.07) is 22.5. The third-order valence-corrected chi connectivity index (χ3v) is 4.62. The highest BCUT2D eigenvalue weighted by Crippen LogP contribution is 2.13. The number of hydrogen-bond acceptors (Lipinski definition) is 4. The second-order valence-electron chi connectivity index (χ2n) is 6.61. The van der Waals surface area contributed by atoms with Crippen LogP contribution in [0.3, 0.4) is 0 Å². The first kappa shape index (κ1) is 21.3. The normalized spacial score (nSPS) is 10.3. The molecule has 3 aromatic carbocycles. The van der Waals surface area contributed by atoms with E-state index in [2.05, 4.69) is 5.32 Å². The van der Waals surface area contributed by atoms with Crippen molar-refractivity contribution >= 4 is 34.9 Å². The van der Waals surface area contributed by atoms with Gasteiger partial charge in [-0.25, -0.2) is 0 Å². The zero-order valence-corrected chi connectivity index (χ0v) is 16.9. The van der Waals surface area contributed by atoms with Crippen LogP contribution in [0.25, 0.3) is 0 Å². The summed E-state index contributed by atoms with van der Waals surface area (Å²) in [6.45, 7) is 0.0779. The minimum atomic E-state index is -0.455. The summed E-state index contributed by atoms with van der Waals surface area (Å²) in [5, 5.41) is 3.36. The Hall–Kier alpha value is -3.44. The highest BCUT2D eigenvalue weighted by molar-refractivity contribution is 6.30. The van der Waals surface area contributed by atoms with Crippen LogP contribution in [0.2, 0.25) is 5.02 Å². The smallest absolute Gasteiger partial charge is 0.306 e. The molecular formula is C24H20ClNO4. The Labute approximate surface area is 179 Å². The molecule has 0 saturated carbocycles. The summed E-state index contributed by atoms with van der Waals surface area (Å²) in [7, 11) is 0. The molecule has 0 aromatic heterocycles. The number of esters is 1. The fraction of sp³-hybridized carbons (Fsp3) is 0.125. The van der Waals surface area contributed by atoms with Crippen LogP contribution in [-0.2, 0) is 16.1 Å². The number of Topliss-reactive ketones (excluding diaryl/α,β-unsaturated/α-hetero) is 1. The maximum absolute atomic E-state index is 12.2. The number of benzene rings is 3. The lowest BCUT2D eigenvalue weighted by molar-refractivity contribution is -0.144. The van der Waals surface area contributed by atoms with E-state index in [1.807, 2.05) is 30.3 Å². The van der Waals surface area contributed by atoms with Gasteiger partial charge >= 0.3 is 5.97 Å². The quantitative estimate of drug-likeness (QED) is 0.395. The standard InChI is InChI=1S/C24H20ClNO4/c25-20-12-10-18(11-13-20)22(27)14-15-23(28)30-16-17-6-8-19(9-7-17)24(29)26-21-4-2-1-3-5-21/h1-13H,14-16H2,(H,26,29). The predicted molar refractivity (Wildman–Crippen MR) is 116 cm³/mol. The highest BCUT2D eigenvalue weighted by atomic mass is 35.5. The third kappa shape index (κ3) is 6.29. The molecule has 30 heavy (non-hydrogen) atoms. The molecule has 0 atom stereocenters. The molecule has 0 heterocycles. The lowest BCUT2D eigenvalue weighted by Gasteiger charge is -2.07. The average Bonchev–Trinajstić information content (AvgIpc) is 2.77. The molecule has 3 rings (SSSR count). The molecule has 0 spiro atoms. The van der Waals surface area contributed by atoms with Gasteiger partial charge in [0, 0.05) is 28.3 Å². The van der Waals surface area contributed by atoms with Crippen molar-refractivity contribution in [3.63, 3.8) is 0 Å². The summed E-state index contributed by atoms with van der Waals surface area (Å²) in [4.78, 5) is 36.2. The summed E-state index contributed by atoms with van der Waals surface area (Å²) in [5.74, 6) is -0.814. The molecule has 0 unspecified atom stereocenters. The Morgan fingerprint density at radius 3 is 2.07 bits per heavy atom. The van der Waals surface area contributed by atoms with Crippen molar-refractivity contribution in [3.8, 4) is 0 Å². The Bertz CT molecular complexity index is 1020. The van der Waals surface area contributed by atoms with Gasteiger partial charge in [0.25, 0.3) is 5.91 Å². The number of ether oxygens (including phenoxy) is 1. The number of rotatable bonds is 8. The van der Waals surface area contributed by atoms with E-state index in [0.717, 1.165) is 5.56 Å². The Morgan fingerprint density at radius 1 is 0.767 bits per heavy atom. The van der Waals surface area contributed by atoms with Crippen molar-refractivity contribution in [2.24, 2.45) is 0 Å². The monoisotopic (exact) mass is 421 g/mol. The summed E-state index contributed by atoms with van der Waals surface area (Å²) < 4.78 is 5.22. The first-order valence-corrected chi connectivity index (χ1v) is 9.79. The number of para-hydroxylation sites is 1. The second kappa shape index (κ2) is 10.4. The number of carbonyl (C=O) groups excluding carboxylic acids is 3. The number of nitrogens with one attached hydrogen (secondary N) is 1. The van der Waals surface area contributed by atoms with Crippen LogP contribution in [0.15, 0.2) is 78.9 Å². The van der Waals surface area contributed by atoms with E-state index in [-0.39, 0.29) is 31.1 Å². The van der Waals surface area contributed by atoms with Crippen molar-refractivity contribution in [2.45, 2.75) is 19.4 Å². The third-order valence-electron chi connectivity index (χ3n) is 4.37. The molecule has 0 radical (unpaired) electrons. The van der Waals surface area contributed by atoms with Crippen LogP contribution in [0.1, 0.15) is 39.1 Å². The molecule has 0 saturated heterocycles. The SMILES string of the molecule is O=C(CCC(=O)c1ccc(Cl)cc1)OCc1ccc(C(=O)Nc2ccccc2)cc1. The van der Waals surface area contributed by atoms with Crippen molar-refractivity contribution in [1.29, 1.82) is 0 Å². The lowest BCUT2D eigenvalue weighted by Crippen LogP contribution is -2.12. The first-order valence-electron chi connectivity index (χ1n) is 9.41.